The summed E-state index contributed by atoms with van der Waals surface area (Å²) in [6.07, 6.45) is 2.97. The molecule has 1 fully saturated rings. The van der Waals surface area contributed by atoms with Gasteiger partial charge in [-0.05, 0) is 24.3 Å². The summed E-state index contributed by atoms with van der Waals surface area (Å²) in [6, 6.07) is 13.0. The van der Waals surface area contributed by atoms with Crippen LogP contribution in [0.2, 0.25) is 0 Å². The molecule has 0 bridgehead atoms. The van der Waals surface area contributed by atoms with Crippen LogP contribution in [0.25, 0.3) is 22.4 Å². The van der Waals surface area contributed by atoms with Crippen LogP contribution in [0.4, 0.5) is 5.82 Å². The SMILES string of the molecule is CS(=O)(=O)[C@@H]1CNC[C@H]1Nc1nc(-c2ccccn2)nc2ccccc12. The van der Waals surface area contributed by atoms with E-state index in [0.29, 0.717) is 30.4 Å². The molecule has 8 heteroatoms. The Morgan fingerprint density at radius 3 is 2.65 bits per heavy atom. The summed E-state index contributed by atoms with van der Waals surface area (Å²) in [5.74, 6) is 1.13. The summed E-state index contributed by atoms with van der Waals surface area (Å²) < 4.78 is 24.1. The Hall–Kier alpha value is -2.58. The molecule has 2 atom stereocenters. The molecular weight excluding hydrogens is 350 g/mol. The predicted octanol–water partition coefficient (Wildman–Crippen LogP) is 1.49. The number of fused-ring (bicyclic) bond motifs is 1. The number of benzene rings is 1. The first-order chi connectivity index (χ1) is 12.5. The monoisotopic (exact) mass is 369 g/mol. The molecule has 134 valence electrons. The largest absolute Gasteiger partial charge is 0.364 e. The molecule has 0 amide bonds. The number of hydrogen-bond acceptors (Lipinski definition) is 7. The second-order valence-corrected chi connectivity index (χ2v) is 8.67. The lowest BCUT2D eigenvalue weighted by Crippen LogP contribution is -2.38. The van der Waals surface area contributed by atoms with Gasteiger partial charge in [0.25, 0.3) is 0 Å². The minimum absolute atomic E-state index is 0.250. The fourth-order valence-electron chi connectivity index (χ4n) is 3.22. The van der Waals surface area contributed by atoms with Gasteiger partial charge >= 0.3 is 0 Å². The van der Waals surface area contributed by atoms with Crippen molar-refractivity contribution >= 4 is 26.6 Å². The molecule has 0 radical (unpaired) electrons. The zero-order valence-corrected chi connectivity index (χ0v) is 15.1. The van der Waals surface area contributed by atoms with Crippen molar-refractivity contribution in [1.82, 2.24) is 20.3 Å². The zero-order valence-electron chi connectivity index (χ0n) is 14.3. The van der Waals surface area contributed by atoms with E-state index in [1.54, 1.807) is 6.20 Å². The molecule has 4 rings (SSSR count). The van der Waals surface area contributed by atoms with Gasteiger partial charge in [0.15, 0.2) is 15.7 Å². The number of anilines is 1. The predicted molar refractivity (Wildman–Crippen MR) is 102 cm³/mol. The zero-order chi connectivity index (χ0) is 18.1. The molecule has 3 heterocycles. The van der Waals surface area contributed by atoms with Crippen molar-refractivity contribution in [2.75, 3.05) is 24.7 Å². The maximum atomic E-state index is 12.1. The molecule has 2 N–H and O–H groups in total. The van der Waals surface area contributed by atoms with E-state index in [2.05, 4.69) is 25.6 Å². The Kier molecular flexibility index (Phi) is 4.29. The van der Waals surface area contributed by atoms with Crippen molar-refractivity contribution in [3.8, 4) is 11.5 Å². The summed E-state index contributed by atoms with van der Waals surface area (Å²) in [4.78, 5) is 13.6. The number of rotatable bonds is 4. The van der Waals surface area contributed by atoms with Crippen LogP contribution < -0.4 is 10.6 Å². The molecule has 1 saturated heterocycles. The van der Waals surface area contributed by atoms with Crippen LogP contribution in [0.15, 0.2) is 48.7 Å². The number of hydrogen-bond donors (Lipinski definition) is 2. The smallest absolute Gasteiger partial charge is 0.180 e. The molecular formula is C18H19N5O2S. The Balaban J connectivity index is 1.79. The van der Waals surface area contributed by atoms with Gasteiger partial charge in [-0.1, -0.05) is 18.2 Å². The van der Waals surface area contributed by atoms with Crippen LogP contribution in [-0.4, -0.2) is 54.0 Å². The van der Waals surface area contributed by atoms with Crippen LogP contribution in [0.1, 0.15) is 0 Å². The molecule has 0 saturated carbocycles. The van der Waals surface area contributed by atoms with Crippen molar-refractivity contribution in [3.05, 3.63) is 48.7 Å². The minimum atomic E-state index is -3.17. The first kappa shape index (κ1) is 16.9. The summed E-state index contributed by atoms with van der Waals surface area (Å²) in [7, 11) is -3.17. The lowest BCUT2D eigenvalue weighted by molar-refractivity contribution is 0.584. The number of para-hydroxylation sites is 1. The van der Waals surface area contributed by atoms with Gasteiger partial charge in [-0.3, -0.25) is 4.98 Å². The van der Waals surface area contributed by atoms with E-state index in [0.717, 1.165) is 10.9 Å². The van der Waals surface area contributed by atoms with E-state index in [1.165, 1.54) is 6.26 Å². The maximum Gasteiger partial charge on any atom is 0.180 e. The van der Waals surface area contributed by atoms with Gasteiger partial charge in [0.05, 0.1) is 16.8 Å². The lowest BCUT2D eigenvalue weighted by atomic mass is 10.2. The van der Waals surface area contributed by atoms with Gasteiger partial charge in [-0.15, -0.1) is 0 Å². The summed E-state index contributed by atoms with van der Waals surface area (Å²) in [5, 5.41) is 6.84. The van der Waals surface area contributed by atoms with Gasteiger partial charge in [-0.25, -0.2) is 18.4 Å². The second kappa shape index (κ2) is 6.62. The first-order valence-corrected chi connectivity index (χ1v) is 10.3. The summed E-state index contributed by atoms with van der Waals surface area (Å²) >= 11 is 0. The van der Waals surface area contributed by atoms with E-state index in [-0.39, 0.29) is 6.04 Å². The third-order valence-electron chi connectivity index (χ3n) is 4.53. The van der Waals surface area contributed by atoms with Gasteiger partial charge in [-0.2, -0.15) is 0 Å². The topological polar surface area (TPSA) is 96.9 Å². The summed E-state index contributed by atoms with van der Waals surface area (Å²) in [5.41, 5.74) is 1.46. The van der Waals surface area contributed by atoms with Crippen molar-refractivity contribution in [1.29, 1.82) is 0 Å². The van der Waals surface area contributed by atoms with Crippen molar-refractivity contribution in [3.63, 3.8) is 0 Å². The number of nitrogens with zero attached hydrogens (tertiary/aromatic N) is 3. The highest BCUT2D eigenvalue weighted by atomic mass is 32.2. The highest BCUT2D eigenvalue weighted by Crippen LogP contribution is 2.26. The average molecular weight is 369 g/mol. The van der Waals surface area contributed by atoms with Crippen LogP contribution >= 0.6 is 0 Å². The molecule has 0 spiro atoms. The fraction of sp³-hybridized carbons (Fsp3) is 0.278. The third kappa shape index (κ3) is 3.25. The Morgan fingerprint density at radius 2 is 1.88 bits per heavy atom. The van der Waals surface area contributed by atoms with Gasteiger partial charge < -0.3 is 10.6 Å². The molecule has 2 aromatic heterocycles. The first-order valence-electron chi connectivity index (χ1n) is 8.37. The van der Waals surface area contributed by atoms with E-state index in [9.17, 15) is 8.42 Å². The summed E-state index contributed by atoms with van der Waals surface area (Å²) in [6.45, 7) is 1.00. The molecule has 1 aliphatic rings. The van der Waals surface area contributed by atoms with E-state index in [1.807, 2.05) is 42.5 Å². The number of sulfone groups is 1. The minimum Gasteiger partial charge on any atom is -0.364 e. The fourth-order valence-corrected chi connectivity index (χ4v) is 4.40. The van der Waals surface area contributed by atoms with E-state index in [4.69, 9.17) is 0 Å². The maximum absolute atomic E-state index is 12.1. The van der Waals surface area contributed by atoms with Gasteiger partial charge in [0.1, 0.15) is 11.5 Å². The number of aromatic nitrogens is 3. The quantitative estimate of drug-likeness (QED) is 0.719. The van der Waals surface area contributed by atoms with Gasteiger partial charge in [0.2, 0.25) is 0 Å². The average Bonchev–Trinajstić information content (AvgIpc) is 3.11. The molecule has 26 heavy (non-hydrogen) atoms. The normalized spacial score (nSPS) is 20.3. The van der Waals surface area contributed by atoms with Crippen molar-refractivity contribution in [2.45, 2.75) is 11.3 Å². The highest BCUT2D eigenvalue weighted by molar-refractivity contribution is 7.91. The van der Waals surface area contributed by atoms with Crippen LogP contribution in [-0.2, 0) is 9.84 Å². The van der Waals surface area contributed by atoms with Gasteiger partial charge in [0, 0.05) is 30.9 Å². The van der Waals surface area contributed by atoms with Crippen LogP contribution in [0.5, 0.6) is 0 Å². The van der Waals surface area contributed by atoms with E-state index < -0.39 is 15.1 Å². The molecule has 7 nitrogen and oxygen atoms in total. The highest BCUT2D eigenvalue weighted by Gasteiger charge is 2.35. The molecule has 1 aromatic carbocycles. The van der Waals surface area contributed by atoms with Crippen LogP contribution in [0, 0.1) is 0 Å². The standard InChI is InChI=1S/C18H19N5O2S/c1-26(24,25)16-11-19-10-15(16)22-17-12-6-2-3-7-13(12)21-18(23-17)14-8-4-5-9-20-14/h2-9,15-16,19H,10-11H2,1H3,(H,21,22,23)/t15-,16-/m1/s1. The Morgan fingerprint density at radius 1 is 1.08 bits per heavy atom. The van der Waals surface area contributed by atoms with Crippen molar-refractivity contribution < 1.29 is 8.42 Å². The lowest BCUT2D eigenvalue weighted by Gasteiger charge is -2.20. The Labute approximate surface area is 151 Å². The van der Waals surface area contributed by atoms with Crippen LogP contribution in [0.3, 0.4) is 0 Å². The third-order valence-corrected chi connectivity index (χ3v) is 6.12. The van der Waals surface area contributed by atoms with E-state index >= 15 is 0 Å². The number of pyridine rings is 1. The number of nitrogens with one attached hydrogen (secondary N) is 2. The Bertz CT molecular complexity index is 1040. The van der Waals surface area contributed by atoms with Crippen molar-refractivity contribution in [2.24, 2.45) is 0 Å². The second-order valence-electron chi connectivity index (χ2n) is 6.41. The molecule has 0 unspecified atom stereocenters. The molecule has 0 aliphatic carbocycles. The molecule has 1 aliphatic heterocycles. The molecule has 3 aromatic rings.